The number of thioether (sulfide) groups is 1. The van der Waals surface area contributed by atoms with Crippen LogP contribution in [0.3, 0.4) is 0 Å². The molecule has 31 heavy (non-hydrogen) atoms. The van der Waals surface area contributed by atoms with Crippen molar-refractivity contribution >= 4 is 11.8 Å². The van der Waals surface area contributed by atoms with Gasteiger partial charge in [0.25, 0.3) is 5.56 Å². The Labute approximate surface area is 189 Å². The second kappa shape index (κ2) is 9.44. The van der Waals surface area contributed by atoms with Crippen molar-refractivity contribution in [3.05, 3.63) is 76.1 Å². The second-order valence-corrected chi connectivity index (χ2v) is 9.81. The smallest absolute Gasteiger partial charge is 0.263 e. The maximum absolute atomic E-state index is 14.1. The maximum atomic E-state index is 14.1. The molecule has 2 aromatic carbocycles. The number of para-hydroxylation sites is 1. The Morgan fingerprint density at radius 2 is 1.74 bits per heavy atom. The highest BCUT2D eigenvalue weighted by molar-refractivity contribution is 7.99. The van der Waals surface area contributed by atoms with Crippen LogP contribution in [0.5, 0.6) is 0 Å². The van der Waals surface area contributed by atoms with Gasteiger partial charge in [-0.1, -0.05) is 94.3 Å². The van der Waals surface area contributed by atoms with E-state index in [2.05, 4.69) is 45.0 Å². The Bertz CT molecular complexity index is 1110. The van der Waals surface area contributed by atoms with Gasteiger partial charge in [0, 0.05) is 16.7 Å². The molecule has 3 aromatic rings. The molecule has 1 aromatic heterocycles. The normalized spacial score (nSPS) is 17.3. The number of nitrogens with zero attached hydrogens (tertiary/aromatic N) is 2. The molecule has 0 amide bonds. The SMILES string of the molecule is CCCCCCSc1nc2c(c(=O)n1-c1ccccc1)[C@@](C)(CC)Cc1ccccc1-2. The highest BCUT2D eigenvalue weighted by Gasteiger charge is 2.38. The summed E-state index contributed by atoms with van der Waals surface area (Å²) in [5.41, 5.74) is 4.94. The molecule has 1 aliphatic carbocycles. The summed E-state index contributed by atoms with van der Waals surface area (Å²) >= 11 is 1.71. The van der Waals surface area contributed by atoms with Gasteiger partial charge in [-0.15, -0.1) is 0 Å². The molecule has 4 heteroatoms. The van der Waals surface area contributed by atoms with E-state index in [1.54, 1.807) is 11.8 Å². The minimum absolute atomic E-state index is 0.0890. The number of fused-ring (bicyclic) bond motifs is 3. The standard InChI is InChI=1S/C27H32N2OS/c1-4-6-7-13-18-31-26-28-24-22-17-12-11-14-20(22)19-27(3,5-2)23(24)25(30)29(26)21-15-9-8-10-16-21/h8-12,14-17H,4-7,13,18-19H2,1-3H3/t27-/m0/s1. The van der Waals surface area contributed by atoms with Crippen molar-refractivity contribution < 1.29 is 0 Å². The molecule has 3 nitrogen and oxygen atoms in total. The lowest BCUT2D eigenvalue weighted by Crippen LogP contribution is -2.39. The zero-order chi connectivity index (χ0) is 21.8. The minimum Gasteiger partial charge on any atom is -0.268 e. The van der Waals surface area contributed by atoms with Crippen molar-refractivity contribution in [1.29, 1.82) is 0 Å². The highest BCUT2D eigenvalue weighted by Crippen LogP contribution is 2.43. The minimum atomic E-state index is -0.214. The van der Waals surface area contributed by atoms with Gasteiger partial charge in [-0.05, 0) is 37.0 Å². The summed E-state index contributed by atoms with van der Waals surface area (Å²) in [6, 6.07) is 18.5. The average Bonchev–Trinajstić information content (AvgIpc) is 2.79. The lowest BCUT2D eigenvalue weighted by atomic mass is 9.69. The number of unbranched alkanes of at least 4 members (excludes halogenated alkanes) is 3. The van der Waals surface area contributed by atoms with Gasteiger partial charge >= 0.3 is 0 Å². The van der Waals surface area contributed by atoms with Gasteiger partial charge in [0.05, 0.1) is 16.9 Å². The van der Waals surface area contributed by atoms with E-state index < -0.39 is 0 Å². The molecule has 1 atom stereocenters. The van der Waals surface area contributed by atoms with E-state index in [1.807, 2.05) is 34.9 Å². The van der Waals surface area contributed by atoms with E-state index in [0.717, 1.165) is 52.7 Å². The molecule has 0 unspecified atom stereocenters. The van der Waals surface area contributed by atoms with Gasteiger partial charge in [0.15, 0.2) is 5.16 Å². The van der Waals surface area contributed by atoms with Crippen LogP contribution in [0.4, 0.5) is 0 Å². The first kappa shape index (κ1) is 21.9. The van der Waals surface area contributed by atoms with E-state index in [9.17, 15) is 4.79 Å². The molecule has 0 N–H and O–H groups in total. The van der Waals surface area contributed by atoms with Crippen LogP contribution in [0.25, 0.3) is 16.9 Å². The first-order valence-electron chi connectivity index (χ1n) is 11.5. The van der Waals surface area contributed by atoms with E-state index in [0.29, 0.717) is 0 Å². The quantitative estimate of drug-likeness (QED) is 0.223. The summed E-state index contributed by atoms with van der Waals surface area (Å²) in [6.07, 6.45) is 6.63. The first-order chi connectivity index (χ1) is 15.1. The third-order valence-electron chi connectivity index (χ3n) is 6.53. The fourth-order valence-corrected chi connectivity index (χ4v) is 5.55. The number of hydrogen-bond donors (Lipinski definition) is 0. The molecule has 0 fully saturated rings. The average molecular weight is 433 g/mol. The number of aromatic nitrogens is 2. The van der Waals surface area contributed by atoms with Gasteiger partial charge in [-0.3, -0.25) is 9.36 Å². The largest absolute Gasteiger partial charge is 0.268 e. The Morgan fingerprint density at radius 1 is 1.00 bits per heavy atom. The molecule has 1 heterocycles. The van der Waals surface area contributed by atoms with Gasteiger partial charge < -0.3 is 0 Å². The van der Waals surface area contributed by atoms with Crippen LogP contribution in [0, 0.1) is 0 Å². The Hall–Kier alpha value is -2.33. The first-order valence-corrected chi connectivity index (χ1v) is 12.5. The summed E-state index contributed by atoms with van der Waals surface area (Å²) in [6.45, 7) is 6.63. The van der Waals surface area contributed by atoms with E-state index in [1.165, 1.54) is 24.8 Å². The molecule has 0 aliphatic heterocycles. The Kier molecular flexibility index (Phi) is 6.66. The van der Waals surface area contributed by atoms with E-state index >= 15 is 0 Å². The molecular formula is C27H32N2OS. The van der Waals surface area contributed by atoms with Gasteiger partial charge in [-0.25, -0.2) is 4.98 Å². The molecule has 0 saturated carbocycles. The van der Waals surface area contributed by atoms with Crippen LogP contribution in [0.1, 0.15) is 64.0 Å². The predicted octanol–water partition coefficient (Wildman–Crippen LogP) is 6.80. The van der Waals surface area contributed by atoms with Gasteiger partial charge in [-0.2, -0.15) is 0 Å². The van der Waals surface area contributed by atoms with E-state index in [4.69, 9.17) is 4.98 Å². The van der Waals surface area contributed by atoms with Crippen LogP contribution in [0.15, 0.2) is 64.5 Å². The Morgan fingerprint density at radius 3 is 2.48 bits per heavy atom. The van der Waals surface area contributed by atoms with Crippen molar-refractivity contribution in [1.82, 2.24) is 9.55 Å². The van der Waals surface area contributed by atoms with Crippen molar-refractivity contribution in [2.75, 3.05) is 5.75 Å². The second-order valence-electron chi connectivity index (χ2n) is 8.75. The lowest BCUT2D eigenvalue weighted by molar-refractivity contribution is 0.435. The molecule has 0 spiro atoms. The highest BCUT2D eigenvalue weighted by atomic mass is 32.2. The van der Waals surface area contributed by atoms with Crippen LogP contribution in [-0.2, 0) is 11.8 Å². The molecule has 0 saturated heterocycles. The fourth-order valence-electron chi connectivity index (χ4n) is 4.55. The summed E-state index contributed by atoms with van der Waals surface area (Å²) in [5, 5.41) is 0.807. The molecule has 1 aliphatic rings. The van der Waals surface area contributed by atoms with Crippen molar-refractivity contribution in [2.24, 2.45) is 0 Å². The van der Waals surface area contributed by atoms with Gasteiger partial charge in [0.2, 0.25) is 0 Å². The summed E-state index contributed by atoms with van der Waals surface area (Å²) in [4.78, 5) is 19.2. The van der Waals surface area contributed by atoms with Gasteiger partial charge in [0.1, 0.15) is 0 Å². The Balaban J connectivity index is 1.89. The van der Waals surface area contributed by atoms with E-state index in [-0.39, 0.29) is 11.0 Å². The molecule has 0 radical (unpaired) electrons. The summed E-state index contributed by atoms with van der Waals surface area (Å²) in [7, 11) is 0. The predicted molar refractivity (Wildman–Crippen MR) is 131 cm³/mol. The number of hydrogen-bond acceptors (Lipinski definition) is 3. The topological polar surface area (TPSA) is 34.9 Å². The zero-order valence-electron chi connectivity index (χ0n) is 18.9. The van der Waals surface area contributed by atoms with Crippen LogP contribution >= 0.6 is 11.8 Å². The van der Waals surface area contributed by atoms with Crippen LogP contribution < -0.4 is 5.56 Å². The molecular weight excluding hydrogens is 400 g/mol. The third-order valence-corrected chi connectivity index (χ3v) is 7.56. The van der Waals surface area contributed by atoms with Crippen LogP contribution in [-0.4, -0.2) is 15.3 Å². The molecule has 4 rings (SSSR count). The molecule has 162 valence electrons. The lowest BCUT2D eigenvalue weighted by Gasteiger charge is -2.35. The number of benzene rings is 2. The summed E-state index contributed by atoms with van der Waals surface area (Å²) in [5.74, 6) is 0.977. The monoisotopic (exact) mass is 432 g/mol. The van der Waals surface area contributed by atoms with Crippen molar-refractivity contribution in [3.63, 3.8) is 0 Å². The fraction of sp³-hybridized carbons (Fsp3) is 0.407. The van der Waals surface area contributed by atoms with Crippen molar-refractivity contribution in [2.45, 2.75) is 69.9 Å². The molecule has 0 bridgehead atoms. The third kappa shape index (κ3) is 4.23. The number of rotatable bonds is 8. The summed E-state index contributed by atoms with van der Waals surface area (Å²) < 4.78 is 1.85. The zero-order valence-corrected chi connectivity index (χ0v) is 19.7. The maximum Gasteiger partial charge on any atom is 0.263 e. The van der Waals surface area contributed by atoms with Crippen molar-refractivity contribution in [3.8, 4) is 16.9 Å². The van der Waals surface area contributed by atoms with Crippen LogP contribution in [0.2, 0.25) is 0 Å².